The number of ketones is 1. The monoisotopic (exact) mass is 317 g/mol. The average Bonchev–Trinajstić information content (AvgIpc) is 2.45. The van der Waals surface area contributed by atoms with Gasteiger partial charge in [0, 0.05) is 11.3 Å². The van der Waals surface area contributed by atoms with E-state index in [1.165, 1.54) is 0 Å². The first kappa shape index (κ1) is 16.4. The van der Waals surface area contributed by atoms with Gasteiger partial charge in [-0.25, -0.2) is 0 Å². The second kappa shape index (κ2) is 6.01. The fourth-order valence-corrected chi connectivity index (χ4v) is 2.49. The zero-order chi connectivity index (χ0) is 16.5. The van der Waals surface area contributed by atoms with Crippen LogP contribution in [0.25, 0.3) is 0 Å². The van der Waals surface area contributed by atoms with E-state index in [2.05, 4.69) is 20.8 Å². The van der Waals surface area contributed by atoms with Crippen molar-refractivity contribution in [2.75, 3.05) is 12.8 Å². The molecule has 0 aromatic heterocycles. The molecule has 2 N–H and O–H groups in total. The third kappa shape index (κ3) is 3.25. The van der Waals surface area contributed by atoms with Gasteiger partial charge in [0.15, 0.2) is 5.78 Å². The highest BCUT2D eigenvalue weighted by molar-refractivity contribution is 6.35. The number of benzene rings is 2. The zero-order valence-corrected chi connectivity index (χ0v) is 14.0. The van der Waals surface area contributed by atoms with Crippen LogP contribution in [0.15, 0.2) is 36.4 Å². The van der Waals surface area contributed by atoms with Crippen LogP contribution in [0.5, 0.6) is 5.75 Å². The van der Waals surface area contributed by atoms with Gasteiger partial charge < -0.3 is 10.5 Å². The van der Waals surface area contributed by atoms with Crippen LogP contribution in [0.1, 0.15) is 42.3 Å². The first-order chi connectivity index (χ1) is 10.2. The van der Waals surface area contributed by atoms with Crippen LogP contribution >= 0.6 is 11.6 Å². The summed E-state index contributed by atoms with van der Waals surface area (Å²) in [5, 5.41) is 0.341. The average molecular weight is 318 g/mol. The summed E-state index contributed by atoms with van der Waals surface area (Å²) in [5.74, 6) is 0.360. The van der Waals surface area contributed by atoms with Crippen molar-refractivity contribution < 1.29 is 9.53 Å². The Morgan fingerprint density at radius 1 is 1.09 bits per heavy atom. The van der Waals surface area contributed by atoms with Crippen molar-refractivity contribution in [3.8, 4) is 5.75 Å². The maximum atomic E-state index is 12.8. The lowest BCUT2D eigenvalue weighted by Crippen LogP contribution is -2.13. The molecule has 0 aliphatic rings. The predicted octanol–water partition coefficient (Wildman–Crippen LogP) is 4.46. The van der Waals surface area contributed by atoms with Crippen LogP contribution < -0.4 is 10.5 Å². The van der Waals surface area contributed by atoms with Crippen LogP contribution in [0.2, 0.25) is 5.02 Å². The Balaban J connectivity index is 2.56. The van der Waals surface area contributed by atoms with E-state index in [1.807, 2.05) is 18.2 Å². The number of ether oxygens (including phenoxy) is 1. The largest absolute Gasteiger partial charge is 0.496 e. The van der Waals surface area contributed by atoms with E-state index < -0.39 is 0 Å². The Morgan fingerprint density at radius 3 is 2.32 bits per heavy atom. The van der Waals surface area contributed by atoms with Crippen molar-refractivity contribution in [3.63, 3.8) is 0 Å². The van der Waals surface area contributed by atoms with Gasteiger partial charge in [0.2, 0.25) is 0 Å². The normalized spacial score (nSPS) is 11.3. The number of halogens is 1. The highest BCUT2D eigenvalue weighted by Gasteiger charge is 2.21. The van der Waals surface area contributed by atoms with Crippen LogP contribution in [-0.2, 0) is 5.41 Å². The van der Waals surface area contributed by atoms with E-state index in [4.69, 9.17) is 22.1 Å². The molecule has 0 atom stereocenters. The first-order valence-corrected chi connectivity index (χ1v) is 7.40. The Labute approximate surface area is 136 Å². The smallest absolute Gasteiger partial charge is 0.198 e. The van der Waals surface area contributed by atoms with Crippen molar-refractivity contribution in [2.24, 2.45) is 0 Å². The number of hydrogen-bond donors (Lipinski definition) is 1. The third-order valence-corrected chi connectivity index (χ3v) is 3.86. The van der Waals surface area contributed by atoms with Crippen molar-refractivity contribution in [2.45, 2.75) is 26.2 Å². The standard InChI is InChI=1S/C18H20ClNO2/c1-18(2,3)11-5-8-16(22-4)14(9-11)17(21)13-7-6-12(20)10-15(13)19/h5-10H,20H2,1-4H3. The summed E-state index contributed by atoms with van der Waals surface area (Å²) in [6.45, 7) is 6.29. The van der Waals surface area contributed by atoms with Crippen molar-refractivity contribution in [1.82, 2.24) is 0 Å². The van der Waals surface area contributed by atoms with Gasteiger partial charge in [0.25, 0.3) is 0 Å². The number of carbonyl (C=O) groups excluding carboxylic acids is 1. The molecule has 2 rings (SSSR count). The zero-order valence-electron chi connectivity index (χ0n) is 13.2. The van der Waals surface area contributed by atoms with Gasteiger partial charge in [0.1, 0.15) is 5.75 Å². The van der Waals surface area contributed by atoms with Gasteiger partial charge in [-0.3, -0.25) is 4.79 Å². The molecular formula is C18H20ClNO2. The van der Waals surface area contributed by atoms with E-state index in [-0.39, 0.29) is 11.2 Å². The number of rotatable bonds is 3. The Hall–Kier alpha value is -2.00. The predicted molar refractivity (Wildman–Crippen MR) is 91.0 cm³/mol. The molecule has 0 aliphatic heterocycles. The van der Waals surface area contributed by atoms with E-state index in [0.717, 1.165) is 5.56 Å². The second-order valence-electron chi connectivity index (χ2n) is 6.23. The molecule has 0 spiro atoms. The summed E-state index contributed by atoms with van der Waals surface area (Å²) in [6, 6.07) is 10.5. The summed E-state index contributed by atoms with van der Waals surface area (Å²) in [7, 11) is 1.55. The molecule has 2 aromatic rings. The Morgan fingerprint density at radius 2 is 1.77 bits per heavy atom. The van der Waals surface area contributed by atoms with Gasteiger partial charge >= 0.3 is 0 Å². The Kier molecular flexibility index (Phi) is 4.47. The van der Waals surface area contributed by atoms with Crippen LogP contribution in [0.4, 0.5) is 5.69 Å². The summed E-state index contributed by atoms with van der Waals surface area (Å²) in [5.41, 5.74) is 8.12. The van der Waals surface area contributed by atoms with Gasteiger partial charge in [0.05, 0.1) is 17.7 Å². The number of carbonyl (C=O) groups is 1. The Bertz CT molecular complexity index is 718. The number of hydrogen-bond acceptors (Lipinski definition) is 3. The van der Waals surface area contributed by atoms with Crippen LogP contribution in [-0.4, -0.2) is 12.9 Å². The van der Waals surface area contributed by atoms with E-state index in [0.29, 0.717) is 27.6 Å². The van der Waals surface area contributed by atoms with E-state index in [9.17, 15) is 4.79 Å². The van der Waals surface area contributed by atoms with Crippen LogP contribution in [0, 0.1) is 0 Å². The topological polar surface area (TPSA) is 52.3 Å². The number of methoxy groups -OCH3 is 1. The molecule has 0 fully saturated rings. The molecule has 3 nitrogen and oxygen atoms in total. The van der Waals surface area contributed by atoms with Gasteiger partial charge in [-0.15, -0.1) is 0 Å². The van der Waals surface area contributed by atoms with Crippen molar-refractivity contribution >= 4 is 23.1 Å². The lowest BCUT2D eigenvalue weighted by Gasteiger charge is -2.21. The molecule has 0 aliphatic carbocycles. The second-order valence-corrected chi connectivity index (χ2v) is 6.64. The van der Waals surface area contributed by atoms with Gasteiger partial charge in [-0.1, -0.05) is 38.4 Å². The molecular weight excluding hydrogens is 298 g/mol. The van der Waals surface area contributed by atoms with Crippen molar-refractivity contribution in [3.05, 3.63) is 58.1 Å². The third-order valence-electron chi connectivity index (χ3n) is 3.55. The lowest BCUT2D eigenvalue weighted by molar-refractivity contribution is 0.103. The molecule has 4 heteroatoms. The molecule has 0 radical (unpaired) electrons. The number of nitrogens with two attached hydrogens (primary N) is 1. The molecule has 116 valence electrons. The summed E-state index contributed by atoms with van der Waals surface area (Å²) in [6.07, 6.45) is 0. The minimum Gasteiger partial charge on any atom is -0.496 e. The molecule has 0 unspecified atom stereocenters. The molecule has 0 amide bonds. The maximum Gasteiger partial charge on any atom is 0.198 e. The van der Waals surface area contributed by atoms with Gasteiger partial charge in [-0.2, -0.15) is 0 Å². The molecule has 0 saturated carbocycles. The summed E-state index contributed by atoms with van der Waals surface area (Å²) < 4.78 is 5.33. The van der Waals surface area contributed by atoms with Crippen LogP contribution in [0.3, 0.4) is 0 Å². The fraction of sp³-hybridized carbons (Fsp3) is 0.278. The number of anilines is 1. The molecule has 22 heavy (non-hydrogen) atoms. The SMILES string of the molecule is COc1ccc(C(C)(C)C)cc1C(=O)c1ccc(N)cc1Cl. The van der Waals surface area contributed by atoms with E-state index >= 15 is 0 Å². The fourth-order valence-electron chi connectivity index (χ4n) is 2.21. The molecule has 0 heterocycles. The lowest BCUT2D eigenvalue weighted by atomic mass is 9.85. The first-order valence-electron chi connectivity index (χ1n) is 7.02. The minimum atomic E-state index is -0.173. The summed E-state index contributed by atoms with van der Waals surface area (Å²) >= 11 is 6.16. The number of nitrogen functional groups attached to an aromatic ring is 1. The highest BCUT2D eigenvalue weighted by atomic mass is 35.5. The minimum absolute atomic E-state index is 0.0633. The van der Waals surface area contributed by atoms with E-state index in [1.54, 1.807) is 25.3 Å². The molecule has 0 bridgehead atoms. The quantitative estimate of drug-likeness (QED) is 0.671. The molecule has 0 saturated heterocycles. The van der Waals surface area contributed by atoms with Gasteiger partial charge in [-0.05, 0) is 41.3 Å². The maximum absolute atomic E-state index is 12.8. The highest BCUT2D eigenvalue weighted by Crippen LogP contribution is 2.31. The van der Waals surface area contributed by atoms with Crippen molar-refractivity contribution in [1.29, 1.82) is 0 Å². The molecule has 2 aromatic carbocycles. The summed E-state index contributed by atoms with van der Waals surface area (Å²) in [4.78, 5) is 12.8.